The van der Waals surface area contributed by atoms with Gasteiger partial charge in [0.2, 0.25) is 5.91 Å². The Kier molecular flexibility index (Phi) is 9.75. The Morgan fingerprint density at radius 1 is 1.10 bits per heavy atom. The fourth-order valence-corrected chi connectivity index (χ4v) is 5.71. The maximum Gasteiger partial charge on any atom is 0.297 e. The zero-order chi connectivity index (χ0) is 35.8. The highest BCUT2D eigenvalue weighted by Gasteiger charge is 2.45. The van der Waals surface area contributed by atoms with Gasteiger partial charge in [-0.3, -0.25) is 19.9 Å². The SMILES string of the molecule is CC(C)(C)CCNC(=N)N(C(=O)c1ccc(-c2cnn(C3CC3)n2)cc1)[C@H](CNC(=O)C1(C)CC1)c1ccc(Cl)c(-n2ncnc2C(F)F)c1. The molecule has 0 aliphatic heterocycles. The number of halogens is 3. The molecule has 1 atom stereocenters. The van der Waals surface area contributed by atoms with E-state index in [0.29, 0.717) is 35.8 Å². The first kappa shape index (κ1) is 35.1. The van der Waals surface area contributed by atoms with Gasteiger partial charge in [-0.2, -0.15) is 20.1 Å². The Hall–Kier alpha value is -4.72. The standard InChI is InChI=1S/C35H41ClF2N10O2/c1-34(2,3)15-16-40-33(39)46(31(49)22-7-5-21(6-8-22)26-18-43-48(45-26)24-10-11-24)28(19-41-32(50)35(4)13-14-35)23-9-12-25(36)27(17-23)47-30(29(37)38)42-20-44-47/h5-9,12,17-18,20,24,28-29H,10-11,13-16,19H2,1-4H3,(H2,39,40)(H,41,50)/t28-/m1/s1. The van der Waals surface area contributed by atoms with Crippen molar-refractivity contribution in [3.8, 4) is 16.9 Å². The number of aromatic nitrogens is 6. The zero-order valence-electron chi connectivity index (χ0n) is 28.5. The summed E-state index contributed by atoms with van der Waals surface area (Å²) in [6.07, 6.45) is 4.08. The Labute approximate surface area is 294 Å². The van der Waals surface area contributed by atoms with E-state index in [0.717, 1.165) is 42.3 Å². The molecule has 0 unspecified atom stereocenters. The molecule has 6 rings (SSSR count). The highest BCUT2D eigenvalue weighted by Crippen LogP contribution is 2.45. The summed E-state index contributed by atoms with van der Waals surface area (Å²) in [4.78, 5) is 34.4. The van der Waals surface area contributed by atoms with E-state index in [4.69, 9.17) is 11.6 Å². The fourth-order valence-electron chi connectivity index (χ4n) is 5.51. The molecule has 2 amide bonds. The van der Waals surface area contributed by atoms with Gasteiger partial charge in [0.15, 0.2) is 11.8 Å². The van der Waals surface area contributed by atoms with Crippen LogP contribution in [0.2, 0.25) is 5.02 Å². The molecule has 2 saturated carbocycles. The number of carbonyl (C=O) groups excluding carboxylic acids is 2. The van der Waals surface area contributed by atoms with Crippen LogP contribution in [-0.2, 0) is 4.79 Å². The third-order valence-electron chi connectivity index (χ3n) is 9.11. The van der Waals surface area contributed by atoms with E-state index >= 15 is 0 Å². The lowest BCUT2D eigenvalue weighted by Crippen LogP contribution is -2.50. The van der Waals surface area contributed by atoms with Crippen molar-refractivity contribution in [1.82, 2.24) is 45.3 Å². The minimum atomic E-state index is -2.92. The number of hydrogen-bond acceptors (Lipinski definition) is 7. The molecule has 2 aromatic carbocycles. The van der Waals surface area contributed by atoms with Crippen LogP contribution in [-0.4, -0.2) is 65.5 Å². The second-order valence-electron chi connectivity index (χ2n) is 14.4. The average Bonchev–Trinajstić information content (AvgIpc) is 3.95. The van der Waals surface area contributed by atoms with Crippen molar-refractivity contribution in [2.75, 3.05) is 13.1 Å². The van der Waals surface area contributed by atoms with Gasteiger partial charge in [-0.1, -0.05) is 57.5 Å². The quantitative estimate of drug-likeness (QED) is 0.112. The van der Waals surface area contributed by atoms with E-state index in [1.54, 1.807) is 41.3 Å². The van der Waals surface area contributed by atoms with Crippen LogP contribution in [0.5, 0.6) is 0 Å². The minimum Gasteiger partial charge on any atom is -0.356 e. The molecule has 0 radical (unpaired) electrons. The molecule has 0 bridgehead atoms. The third-order valence-corrected chi connectivity index (χ3v) is 9.42. The second kappa shape index (κ2) is 13.9. The molecule has 50 heavy (non-hydrogen) atoms. The van der Waals surface area contributed by atoms with Crippen molar-refractivity contribution in [2.24, 2.45) is 10.8 Å². The van der Waals surface area contributed by atoms with Crippen LogP contribution in [0.15, 0.2) is 55.0 Å². The van der Waals surface area contributed by atoms with Crippen LogP contribution in [0.4, 0.5) is 8.78 Å². The molecule has 2 aliphatic rings. The molecule has 2 aromatic heterocycles. The maximum atomic E-state index is 14.5. The normalized spacial score (nSPS) is 15.8. The first-order valence-corrected chi connectivity index (χ1v) is 17.1. The number of alkyl halides is 2. The van der Waals surface area contributed by atoms with Crippen LogP contribution in [0.3, 0.4) is 0 Å². The highest BCUT2D eigenvalue weighted by atomic mass is 35.5. The van der Waals surface area contributed by atoms with Crippen LogP contribution in [0.1, 0.15) is 100 Å². The number of rotatable bonds is 12. The summed E-state index contributed by atoms with van der Waals surface area (Å²) in [5.74, 6) is -1.46. The van der Waals surface area contributed by atoms with Gasteiger partial charge in [0.05, 0.1) is 29.0 Å². The van der Waals surface area contributed by atoms with Crippen molar-refractivity contribution in [3.63, 3.8) is 0 Å². The first-order valence-electron chi connectivity index (χ1n) is 16.7. The number of guanidine groups is 1. The minimum absolute atomic E-state index is 0.0440. The Morgan fingerprint density at radius 2 is 1.82 bits per heavy atom. The smallest absolute Gasteiger partial charge is 0.297 e. The molecule has 2 fully saturated rings. The molecule has 15 heteroatoms. The highest BCUT2D eigenvalue weighted by molar-refractivity contribution is 6.32. The van der Waals surface area contributed by atoms with E-state index < -0.39 is 29.6 Å². The summed E-state index contributed by atoms with van der Waals surface area (Å²) in [6.45, 7) is 8.45. The molecule has 0 spiro atoms. The molecule has 2 heterocycles. The first-order chi connectivity index (χ1) is 23.7. The summed E-state index contributed by atoms with van der Waals surface area (Å²) >= 11 is 6.51. The molecule has 0 saturated heterocycles. The van der Waals surface area contributed by atoms with E-state index in [-0.39, 0.29) is 34.5 Å². The second-order valence-corrected chi connectivity index (χ2v) is 14.9. The van der Waals surface area contributed by atoms with Gasteiger partial charge in [-0.15, -0.1) is 0 Å². The van der Waals surface area contributed by atoms with Crippen LogP contribution in [0.25, 0.3) is 16.9 Å². The summed E-state index contributed by atoms with van der Waals surface area (Å²) in [7, 11) is 0. The van der Waals surface area contributed by atoms with Gasteiger partial charge >= 0.3 is 0 Å². The fraction of sp³-hybridized carbons (Fsp3) is 0.457. The van der Waals surface area contributed by atoms with Gasteiger partial charge < -0.3 is 10.6 Å². The van der Waals surface area contributed by atoms with Crippen molar-refractivity contribution in [1.29, 1.82) is 5.41 Å². The molecule has 2 aliphatic carbocycles. The number of hydrogen-bond donors (Lipinski definition) is 3. The summed E-state index contributed by atoms with van der Waals surface area (Å²) in [5, 5.41) is 28.3. The monoisotopic (exact) mass is 706 g/mol. The number of benzene rings is 2. The molecule has 3 N–H and O–H groups in total. The van der Waals surface area contributed by atoms with Crippen LogP contribution in [0, 0.1) is 16.2 Å². The van der Waals surface area contributed by atoms with Gasteiger partial charge in [0.1, 0.15) is 12.0 Å². The molecular formula is C35H41ClF2N10O2. The average molecular weight is 707 g/mol. The molecule has 264 valence electrons. The zero-order valence-corrected chi connectivity index (χ0v) is 29.2. The predicted octanol–water partition coefficient (Wildman–Crippen LogP) is 6.51. The van der Waals surface area contributed by atoms with Gasteiger partial charge in [0, 0.05) is 29.6 Å². The molecule has 4 aromatic rings. The predicted molar refractivity (Wildman–Crippen MR) is 184 cm³/mol. The Morgan fingerprint density at radius 3 is 2.46 bits per heavy atom. The van der Waals surface area contributed by atoms with E-state index in [1.807, 2.05) is 6.92 Å². The van der Waals surface area contributed by atoms with Crippen molar-refractivity contribution in [2.45, 2.75) is 78.3 Å². The Bertz CT molecular complexity index is 1880. The molecular weight excluding hydrogens is 666 g/mol. The van der Waals surface area contributed by atoms with E-state index in [9.17, 15) is 23.8 Å². The lowest BCUT2D eigenvalue weighted by molar-refractivity contribution is -0.125. The van der Waals surface area contributed by atoms with Crippen LogP contribution >= 0.6 is 11.6 Å². The number of nitrogens with zero attached hydrogens (tertiary/aromatic N) is 7. The van der Waals surface area contributed by atoms with Crippen molar-refractivity contribution < 1.29 is 18.4 Å². The van der Waals surface area contributed by atoms with Crippen molar-refractivity contribution >= 4 is 29.4 Å². The number of carbonyl (C=O) groups is 2. The lowest BCUT2D eigenvalue weighted by Gasteiger charge is -2.34. The maximum absolute atomic E-state index is 14.5. The summed E-state index contributed by atoms with van der Waals surface area (Å²) in [5.41, 5.74) is 1.76. The largest absolute Gasteiger partial charge is 0.356 e. The van der Waals surface area contributed by atoms with Crippen molar-refractivity contribution in [3.05, 3.63) is 77.0 Å². The Balaban J connectivity index is 1.38. The van der Waals surface area contributed by atoms with E-state index in [1.165, 1.54) is 17.0 Å². The number of amides is 2. The van der Waals surface area contributed by atoms with Crippen LogP contribution < -0.4 is 10.6 Å². The summed E-state index contributed by atoms with van der Waals surface area (Å²) < 4.78 is 28.7. The van der Waals surface area contributed by atoms with Gasteiger partial charge in [-0.05, 0) is 67.3 Å². The molecule has 12 nitrogen and oxygen atoms in total. The summed E-state index contributed by atoms with van der Waals surface area (Å²) in [6, 6.07) is 11.0. The topological polar surface area (TPSA) is 147 Å². The van der Waals surface area contributed by atoms with E-state index in [2.05, 4.69) is 51.7 Å². The third kappa shape index (κ3) is 7.85. The van der Waals surface area contributed by atoms with Gasteiger partial charge in [-0.25, -0.2) is 18.4 Å². The number of nitrogens with one attached hydrogen (secondary N) is 3. The van der Waals surface area contributed by atoms with Gasteiger partial charge in [0.25, 0.3) is 12.3 Å². The lowest BCUT2D eigenvalue weighted by atomic mass is 9.92.